The summed E-state index contributed by atoms with van der Waals surface area (Å²) in [7, 11) is 0. The lowest BCUT2D eigenvalue weighted by atomic mass is 9.78. The van der Waals surface area contributed by atoms with Crippen molar-refractivity contribution in [3.8, 4) is 23.0 Å². The van der Waals surface area contributed by atoms with Crippen LogP contribution in [-0.2, 0) is 5.41 Å². The number of hydrogen-bond acceptors (Lipinski definition) is 2. The Hall–Kier alpha value is -3.52. The first-order valence-electron chi connectivity index (χ1n) is 11.4. The summed E-state index contributed by atoms with van der Waals surface area (Å²) in [4.78, 5) is 0. The minimum Gasteiger partial charge on any atom is -0.457 e. The van der Waals surface area contributed by atoms with Gasteiger partial charge in [0.05, 0.1) is 0 Å². The smallest absolute Gasteiger partial charge is 0.127 e. The zero-order valence-corrected chi connectivity index (χ0v) is 20.4. The number of ether oxygens (including phenoxy) is 2. The van der Waals surface area contributed by atoms with Gasteiger partial charge in [-0.3, -0.25) is 0 Å². The maximum atomic E-state index is 6.18. The molecule has 0 aliphatic carbocycles. The van der Waals surface area contributed by atoms with Crippen molar-refractivity contribution >= 4 is 0 Å². The van der Waals surface area contributed by atoms with Crippen LogP contribution in [0, 0.1) is 27.7 Å². The van der Waals surface area contributed by atoms with Crippen molar-refractivity contribution in [1.29, 1.82) is 0 Å². The van der Waals surface area contributed by atoms with Crippen LogP contribution in [0.1, 0.15) is 47.2 Å². The molecule has 0 heterocycles. The molecule has 4 aromatic carbocycles. The van der Waals surface area contributed by atoms with E-state index in [9.17, 15) is 0 Å². The Morgan fingerprint density at radius 3 is 1.24 bits per heavy atom. The second-order valence-electron chi connectivity index (χ2n) is 9.38. The monoisotopic (exact) mass is 436 g/mol. The lowest BCUT2D eigenvalue weighted by Crippen LogP contribution is -2.18. The van der Waals surface area contributed by atoms with Crippen LogP contribution in [0.2, 0.25) is 0 Å². The van der Waals surface area contributed by atoms with Gasteiger partial charge in [-0.2, -0.15) is 0 Å². The van der Waals surface area contributed by atoms with Gasteiger partial charge in [0.25, 0.3) is 0 Å². The molecule has 2 heteroatoms. The fourth-order valence-electron chi connectivity index (χ4n) is 3.89. The van der Waals surface area contributed by atoms with Gasteiger partial charge in [-0.1, -0.05) is 50.2 Å². The zero-order valence-electron chi connectivity index (χ0n) is 20.4. The molecule has 0 saturated carbocycles. The summed E-state index contributed by atoms with van der Waals surface area (Å²) < 4.78 is 12.4. The van der Waals surface area contributed by atoms with Gasteiger partial charge in [-0.25, -0.2) is 0 Å². The third-order valence-electron chi connectivity index (χ3n) is 6.54. The normalized spacial score (nSPS) is 11.3. The minimum absolute atomic E-state index is 0.217. The highest BCUT2D eigenvalue weighted by atomic mass is 16.5. The average molecular weight is 437 g/mol. The van der Waals surface area contributed by atoms with Gasteiger partial charge < -0.3 is 9.47 Å². The van der Waals surface area contributed by atoms with Crippen molar-refractivity contribution in [3.63, 3.8) is 0 Å². The first-order valence-corrected chi connectivity index (χ1v) is 11.4. The topological polar surface area (TPSA) is 18.5 Å². The Labute approximate surface area is 197 Å². The van der Waals surface area contributed by atoms with Crippen LogP contribution in [0.25, 0.3) is 0 Å². The second kappa shape index (κ2) is 9.15. The van der Waals surface area contributed by atoms with E-state index in [4.69, 9.17) is 9.47 Å². The maximum absolute atomic E-state index is 6.18. The molecule has 0 amide bonds. The molecule has 33 heavy (non-hydrogen) atoms. The van der Waals surface area contributed by atoms with Crippen LogP contribution in [0.5, 0.6) is 23.0 Å². The van der Waals surface area contributed by atoms with Crippen molar-refractivity contribution in [2.24, 2.45) is 0 Å². The molecule has 0 aliphatic heterocycles. The van der Waals surface area contributed by atoms with Gasteiger partial charge in [-0.15, -0.1) is 0 Å². The van der Waals surface area contributed by atoms with Crippen molar-refractivity contribution in [1.82, 2.24) is 0 Å². The summed E-state index contributed by atoms with van der Waals surface area (Å²) in [6.45, 7) is 12.9. The predicted molar refractivity (Wildman–Crippen MR) is 137 cm³/mol. The molecule has 0 saturated heterocycles. The molecule has 0 unspecified atom stereocenters. The largest absolute Gasteiger partial charge is 0.457 e. The number of rotatable bonds is 6. The highest BCUT2D eigenvalue weighted by Crippen LogP contribution is 2.36. The van der Waals surface area contributed by atoms with Crippen LogP contribution in [0.4, 0.5) is 0 Å². The summed E-state index contributed by atoms with van der Waals surface area (Å²) >= 11 is 0. The van der Waals surface area contributed by atoms with Gasteiger partial charge >= 0.3 is 0 Å². The summed E-state index contributed by atoms with van der Waals surface area (Å²) in [6.07, 6.45) is 0. The lowest BCUT2D eigenvalue weighted by molar-refractivity contribution is 0.477. The molecule has 4 aromatic rings. The second-order valence-corrected chi connectivity index (χ2v) is 9.38. The molecule has 0 N–H and O–H groups in total. The molecule has 4 rings (SSSR count). The molecule has 0 radical (unpaired) electrons. The Kier molecular flexibility index (Phi) is 6.29. The van der Waals surface area contributed by atoms with Gasteiger partial charge in [0.1, 0.15) is 23.0 Å². The van der Waals surface area contributed by atoms with E-state index in [-0.39, 0.29) is 5.41 Å². The molecular formula is C31H32O2. The van der Waals surface area contributed by atoms with E-state index in [1.165, 1.54) is 33.4 Å². The van der Waals surface area contributed by atoms with Crippen LogP contribution in [-0.4, -0.2) is 0 Å². The molecule has 0 fully saturated rings. The van der Waals surface area contributed by atoms with Gasteiger partial charge in [0, 0.05) is 5.41 Å². The molecule has 0 aliphatic rings. The fraction of sp³-hybridized carbons (Fsp3) is 0.226. The maximum Gasteiger partial charge on any atom is 0.127 e. The molecular weight excluding hydrogens is 404 g/mol. The lowest BCUT2D eigenvalue weighted by Gasteiger charge is -2.27. The molecule has 0 atom stereocenters. The van der Waals surface area contributed by atoms with Crippen molar-refractivity contribution in [3.05, 3.63) is 118 Å². The molecule has 0 bridgehead atoms. The first kappa shape index (κ1) is 22.7. The summed E-state index contributed by atoms with van der Waals surface area (Å²) in [5.74, 6) is 3.39. The van der Waals surface area contributed by atoms with Crippen LogP contribution < -0.4 is 9.47 Å². The highest BCUT2D eigenvalue weighted by Gasteiger charge is 2.24. The zero-order chi connectivity index (χ0) is 23.6. The van der Waals surface area contributed by atoms with Gasteiger partial charge in [0.2, 0.25) is 0 Å². The summed E-state index contributed by atoms with van der Waals surface area (Å²) in [5, 5.41) is 0. The average Bonchev–Trinajstić information content (AvgIpc) is 2.79. The third-order valence-corrected chi connectivity index (χ3v) is 6.54. The van der Waals surface area contributed by atoms with Gasteiger partial charge in [0.15, 0.2) is 0 Å². The van der Waals surface area contributed by atoms with E-state index in [1.807, 2.05) is 24.3 Å². The van der Waals surface area contributed by atoms with E-state index in [0.29, 0.717) is 0 Å². The fourth-order valence-corrected chi connectivity index (χ4v) is 3.89. The first-order chi connectivity index (χ1) is 15.7. The predicted octanol–water partition coefficient (Wildman–Crippen LogP) is 8.83. The highest BCUT2D eigenvalue weighted by molar-refractivity contribution is 5.46. The van der Waals surface area contributed by atoms with Gasteiger partial charge in [-0.05, 0) is 110 Å². The van der Waals surface area contributed by atoms with E-state index >= 15 is 0 Å². The Morgan fingerprint density at radius 2 is 0.848 bits per heavy atom. The molecule has 0 spiro atoms. The standard InChI is InChI=1S/C31H32O2/c1-21-13-15-29(17-23(21)3)32-27-11-7-9-25(19-27)31(5,6)26-10-8-12-28(20-26)33-30-16-14-22(2)24(4)18-30/h7-20H,1-6H3. The van der Waals surface area contributed by atoms with E-state index in [1.54, 1.807) is 0 Å². The van der Waals surface area contributed by atoms with Crippen LogP contribution >= 0.6 is 0 Å². The Balaban J connectivity index is 1.58. The number of benzene rings is 4. The van der Waals surface area contributed by atoms with Crippen molar-refractivity contribution in [2.45, 2.75) is 47.0 Å². The Morgan fingerprint density at radius 1 is 0.455 bits per heavy atom. The molecule has 0 aromatic heterocycles. The summed E-state index contributed by atoms with van der Waals surface area (Å²) in [5.41, 5.74) is 7.14. The van der Waals surface area contributed by atoms with Crippen LogP contribution in [0.15, 0.2) is 84.9 Å². The SMILES string of the molecule is Cc1ccc(Oc2cccc(C(C)(C)c3cccc(Oc4ccc(C)c(C)c4)c3)c2)cc1C. The van der Waals surface area contributed by atoms with Crippen molar-refractivity contribution < 1.29 is 9.47 Å². The number of aryl methyl sites for hydroxylation is 4. The summed E-state index contributed by atoms with van der Waals surface area (Å²) in [6, 6.07) is 29.1. The van der Waals surface area contributed by atoms with E-state index in [2.05, 4.69) is 102 Å². The quantitative estimate of drug-likeness (QED) is 0.300. The van der Waals surface area contributed by atoms with E-state index in [0.717, 1.165) is 23.0 Å². The molecule has 168 valence electrons. The molecule has 2 nitrogen and oxygen atoms in total. The third kappa shape index (κ3) is 5.12. The Bertz CT molecular complexity index is 1180. The van der Waals surface area contributed by atoms with E-state index < -0.39 is 0 Å². The minimum atomic E-state index is -0.217. The number of hydrogen-bond donors (Lipinski definition) is 0. The van der Waals surface area contributed by atoms with Crippen molar-refractivity contribution in [2.75, 3.05) is 0 Å². The van der Waals surface area contributed by atoms with Crippen LogP contribution in [0.3, 0.4) is 0 Å².